The number of hydrogen-bond acceptors (Lipinski definition) is 4. The molecule has 1 aromatic rings. The van der Waals surface area contributed by atoms with Crippen LogP contribution in [0.25, 0.3) is 0 Å². The number of hydrogen-bond donors (Lipinski definition) is 1. The van der Waals surface area contributed by atoms with E-state index in [1.165, 1.54) is 30.0 Å². The maximum Gasteiger partial charge on any atom is 0.434 e. The fraction of sp³-hybridized carbons (Fsp3) is 0.500. The Morgan fingerprint density at radius 1 is 1.31 bits per heavy atom. The number of anilines is 1. The molecule has 5 nitrogen and oxygen atoms in total. The predicted molar refractivity (Wildman–Crippen MR) is 115 cm³/mol. The number of carbonyl (C=O) groups excluding carboxylic acids is 1. The van der Waals surface area contributed by atoms with E-state index < -0.39 is 42.1 Å². The summed E-state index contributed by atoms with van der Waals surface area (Å²) in [5, 5.41) is 11.8. The van der Waals surface area contributed by atoms with Crippen LogP contribution in [0, 0.1) is 18.3 Å². The summed E-state index contributed by atoms with van der Waals surface area (Å²) in [6.07, 6.45) is -3.07. The SMILES string of the molecule is C=C/C(=C\C)NC(=O)c1c(N2CCCC(F)(F)CC2)nc(C(F)(F)F)c(C#N)c1C.CC.[HH]. The molecular formula is C22H29F5N4O. The molecule has 1 amide bonds. The first kappa shape index (κ1) is 27.1. The molecule has 1 saturated heterocycles. The van der Waals surface area contributed by atoms with Crippen LogP contribution in [-0.4, -0.2) is 29.9 Å². The molecule has 0 bridgehead atoms. The standard InChI is InChI=1S/C20H21F5N4O.C2H6.H2/c1-4-13(5-2)27-18(30)15-12(3)14(11-26)16(20(23,24)25)28-17(15)29-9-6-7-19(21,22)8-10-29;1-2;/h4-5H,1,6-10H2,2-3H3,(H,27,30);1-2H3;1H/b13-5+;;. The van der Waals surface area contributed by atoms with E-state index in [0.29, 0.717) is 5.70 Å². The molecule has 0 atom stereocenters. The molecule has 2 rings (SSSR count). The summed E-state index contributed by atoms with van der Waals surface area (Å²) in [7, 11) is 0. The highest BCUT2D eigenvalue weighted by molar-refractivity contribution is 6.02. The lowest BCUT2D eigenvalue weighted by atomic mass is 10.00. The van der Waals surface area contributed by atoms with E-state index >= 15 is 0 Å². The van der Waals surface area contributed by atoms with Crippen molar-refractivity contribution in [1.29, 1.82) is 5.26 Å². The second-order valence-corrected chi connectivity index (χ2v) is 6.87. The smallest absolute Gasteiger partial charge is 0.356 e. The van der Waals surface area contributed by atoms with Gasteiger partial charge >= 0.3 is 6.18 Å². The first-order valence-corrected chi connectivity index (χ1v) is 10.2. The number of aromatic nitrogens is 1. The van der Waals surface area contributed by atoms with E-state index in [9.17, 15) is 32.0 Å². The van der Waals surface area contributed by atoms with Gasteiger partial charge in [-0.3, -0.25) is 4.79 Å². The Labute approximate surface area is 186 Å². The number of pyridine rings is 1. The lowest BCUT2D eigenvalue weighted by Crippen LogP contribution is -2.33. The number of nitrogens with zero attached hydrogens (tertiary/aromatic N) is 3. The largest absolute Gasteiger partial charge is 0.434 e. The third kappa shape index (κ3) is 6.28. The molecule has 0 aromatic carbocycles. The second-order valence-electron chi connectivity index (χ2n) is 6.87. The summed E-state index contributed by atoms with van der Waals surface area (Å²) < 4.78 is 68.2. The number of carbonyl (C=O) groups is 1. The number of nitriles is 1. The Bertz CT molecular complexity index is 923. The number of alkyl halides is 5. The molecule has 0 radical (unpaired) electrons. The van der Waals surface area contributed by atoms with Gasteiger partial charge in [0.05, 0.1) is 11.1 Å². The Hall–Kier alpha value is -2.96. The van der Waals surface area contributed by atoms with Gasteiger partial charge in [0, 0.05) is 33.1 Å². The average molecular weight is 460 g/mol. The van der Waals surface area contributed by atoms with Crippen molar-refractivity contribution in [3.05, 3.63) is 46.8 Å². The number of rotatable bonds is 4. The molecular weight excluding hydrogens is 431 g/mol. The summed E-state index contributed by atoms with van der Waals surface area (Å²) in [6.45, 7) is 10.1. The van der Waals surface area contributed by atoms with E-state index in [1.54, 1.807) is 6.92 Å². The summed E-state index contributed by atoms with van der Waals surface area (Å²) in [6, 6.07) is 1.47. The molecule has 32 heavy (non-hydrogen) atoms. The van der Waals surface area contributed by atoms with E-state index in [0.717, 1.165) is 0 Å². The fourth-order valence-electron chi connectivity index (χ4n) is 3.24. The van der Waals surface area contributed by atoms with Crippen molar-refractivity contribution in [2.45, 2.75) is 59.1 Å². The Morgan fingerprint density at radius 3 is 2.44 bits per heavy atom. The van der Waals surface area contributed by atoms with Crippen LogP contribution in [0.1, 0.15) is 68.6 Å². The van der Waals surface area contributed by atoms with Gasteiger partial charge in [0.2, 0.25) is 5.92 Å². The van der Waals surface area contributed by atoms with Gasteiger partial charge in [0.25, 0.3) is 5.91 Å². The molecule has 1 aliphatic heterocycles. The monoisotopic (exact) mass is 460 g/mol. The summed E-state index contributed by atoms with van der Waals surface area (Å²) >= 11 is 0. The van der Waals surface area contributed by atoms with Crippen molar-refractivity contribution in [1.82, 2.24) is 10.3 Å². The number of allylic oxidation sites excluding steroid dienone is 2. The predicted octanol–water partition coefficient (Wildman–Crippen LogP) is 6.00. The van der Waals surface area contributed by atoms with Crippen LogP contribution in [-0.2, 0) is 6.18 Å². The highest BCUT2D eigenvalue weighted by Gasteiger charge is 2.40. The van der Waals surface area contributed by atoms with Gasteiger partial charge in [-0.25, -0.2) is 13.8 Å². The van der Waals surface area contributed by atoms with Crippen molar-refractivity contribution in [2.75, 3.05) is 18.0 Å². The van der Waals surface area contributed by atoms with Crippen LogP contribution < -0.4 is 10.2 Å². The topological polar surface area (TPSA) is 69.0 Å². The van der Waals surface area contributed by atoms with Crippen LogP contribution in [0.2, 0.25) is 0 Å². The zero-order valence-corrected chi connectivity index (χ0v) is 18.5. The van der Waals surface area contributed by atoms with Crippen molar-refractivity contribution < 1.29 is 28.2 Å². The zero-order valence-electron chi connectivity index (χ0n) is 18.5. The molecule has 2 heterocycles. The molecule has 1 fully saturated rings. The second kappa shape index (κ2) is 11.1. The van der Waals surface area contributed by atoms with Crippen molar-refractivity contribution in [3.63, 3.8) is 0 Å². The summed E-state index contributed by atoms with van der Waals surface area (Å²) in [5.41, 5.74) is -2.41. The highest BCUT2D eigenvalue weighted by atomic mass is 19.4. The van der Waals surface area contributed by atoms with Gasteiger partial charge in [0.1, 0.15) is 11.9 Å². The Balaban J connectivity index is 0.00000332. The average Bonchev–Trinajstić information content (AvgIpc) is 2.92. The van der Waals surface area contributed by atoms with Gasteiger partial charge in [0.15, 0.2) is 5.69 Å². The van der Waals surface area contributed by atoms with Crippen LogP contribution in [0.15, 0.2) is 24.4 Å². The molecule has 178 valence electrons. The molecule has 0 unspecified atom stereocenters. The minimum absolute atomic E-state index is 0. The van der Waals surface area contributed by atoms with Gasteiger partial charge in [-0.05, 0) is 31.9 Å². The van der Waals surface area contributed by atoms with Crippen LogP contribution in [0.4, 0.5) is 27.8 Å². The zero-order chi connectivity index (χ0) is 24.7. The van der Waals surface area contributed by atoms with E-state index in [2.05, 4.69) is 16.9 Å². The number of amides is 1. The van der Waals surface area contributed by atoms with Crippen LogP contribution in [0.3, 0.4) is 0 Å². The first-order valence-electron chi connectivity index (χ1n) is 10.2. The van der Waals surface area contributed by atoms with E-state index in [1.807, 2.05) is 13.8 Å². The van der Waals surface area contributed by atoms with Crippen molar-refractivity contribution in [2.24, 2.45) is 0 Å². The minimum Gasteiger partial charge on any atom is -0.356 e. The summed E-state index contributed by atoms with van der Waals surface area (Å²) in [4.78, 5) is 17.7. The third-order valence-corrected chi connectivity index (χ3v) is 4.84. The van der Waals surface area contributed by atoms with Gasteiger partial charge in [-0.2, -0.15) is 18.4 Å². The third-order valence-electron chi connectivity index (χ3n) is 4.84. The molecule has 0 saturated carbocycles. The first-order chi connectivity index (χ1) is 14.9. The van der Waals surface area contributed by atoms with Gasteiger partial charge < -0.3 is 10.2 Å². The van der Waals surface area contributed by atoms with Crippen molar-refractivity contribution in [3.8, 4) is 6.07 Å². The number of nitrogens with one attached hydrogen (secondary N) is 1. The molecule has 0 spiro atoms. The van der Waals surface area contributed by atoms with E-state index in [-0.39, 0.29) is 37.9 Å². The minimum atomic E-state index is -4.95. The lowest BCUT2D eigenvalue weighted by Gasteiger charge is -2.27. The van der Waals surface area contributed by atoms with Gasteiger partial charge in [-0.15, -0.1) is 0 Å². The molecule has 10 heteroatoms. The van der Waals surface area contributed by atoms with Crippen LogP contribution in [0.5, 0.6) is 0 Å². The molecule has 1 N–H and O–H groups in total. The highest BCUT2D eigenvalue weighted by Crippen LogP contribution is 2.37. The molecule has 1 aliphatic rings. The maximum atomic E-state index is 13.8. The normalized spacial score (nSPS) is 16.2. The summed E-state index contributed by atoms with van der Waals surface area (Å²) in [5.74, 6) is -4.12. The van der Waals surface area contributed by atoms with Crippen LogP contribution >= 0.6 is 0 Å². The van der Waals surface area contributed by atoms with Gasteiger partial charge in [-0.1, -0.05) is 26.5 Å². The molecule has 0 aliphatic carbocycles. The maximum absolute atomic E-state index is 13.8. The quantitative estimate of drug-likeness (QED) is 0.442. The fourth-order valence-corrected chi connectivity index (χ4v) is 3.24. The lowest BCUT2D eigenvalue weighted by molar-refractivity contribution is -0.141. The molecule has 1 aromatic heterocycles. The Kier molecular flexibility index (Phi) is 9.36. The Morgan fingerprint density at radius 2 is 1.94 bits per heavy atom. The number of halogens is 5. The van der Waals surface area contributed by atoms with E-state index in [4.69, 9.17) is 0 Å². The van der Waals surface area contributed by atoms with Crippen molar-refractivity contribution >= 4 is 11.7 Å².